The average molecular weight is 329 g/mol. The van der Waals surface area contributed by atoms with Crippen molar-refractivity contribution >= 4 is 5.96 Å². The van der Waals surface area contributed by atoms with Crippen LogP contribution in [0.15, 0.2) is 35.3 Å². The summed E-state index contributed by atoms with van der Waals surface area (Å²) in [6.07, 6.45) is 0.988. The van der Waals surface area contributed by atoms with Gasteiger partial charge in [-0.25, -0.2) is 0 Å². The van der Waals surface area contributed by atoms with Crippen LogP contribution < -0.4 is 15.4 Å². The minimum atomic E-state index is 0.703. The molecule has 0 fully saturated rings. The first kappa shape index (κ1) is 17.8. The van der Waals surface area contributed by atoms with Crippen molar-refractivity contribution in [3.8, 4) is 5.75 Å². The van der Waals surface area contributed by atoms with E-state index in [1.165, 1.54) is 5.69 Å². The number of nitrogens with zero attached hydrogens (tertiary/aromatic N) is 3. The molecule has 0 bridgehead atoms. The van der Waals surface area contributed by atoms with Crippen molar-refractivity contribution in [2.75, 3.05) is 20.7 Å². The van der Waals surface area contributed by atoms with Crippen molar-refractivity contribution in [1.82, 2.24) is 20.4 Å². The molecule has 2 aromatic rings. The van der Waals surface area contributed by atoms with Crippen LogP contribution in [0.1, 0.15) is 23.4 Å². The molecule has 1 aromatic carbocycles. The molecule has 1 heterocycles. The third-order valence-corrected chi connectivity index (χ3v) is 3.76. The van der Waals surface area contributed by atoms with E-state index < -0.39 is 0 Å². The Morgan fingerprint density at radius 3 is 2.75 bits per heavy atom. The summed E-state index contributed by atoms with van der Waals surface area (Å²) in [5.41, 5.74) is 3.42. The molecule has 0 radical (unpaired) electrons. The molecule has 2 N–H and O–H groups in total. The van der Waals surface area contributed by atoms with Crippen molar-refractivity contribution in [2.45, 2.75) is 33.4 Å². The Morgan fingerprint density at radius 2 is 2.08 bits per heavy atom. The fourth-order valence-electron chi connectivity index (χ4n) is 2.53. The summed E-state index contributed by atoms with van der Waals surface area (Å²) in [5, 5.41) is 11.1. The number of ether oxygens (including phenoxy) is 1. The van der Waals surface area contributed by atoms with E-state index in [2.05, 4.69) is 39.8 Å². The molecule has 2 rings (SSSR count). The smallest absolute Gasteiger partial charge is 0.191 e. The van der Waals surface area contributed by atoms with E-state index in [4.69, 9.17) is 4.74 Å². The Hall–Kier alpha value is -2.50. The van der Waals surface area contributed by atoms with Gasteiger partial charge in [0, 0.05) is 32.4 Å². The first-order chi connectivity index (χ1) is 11.6. The standard InChI is InChI=1S/C18H27N5O/c1-14-11-15(2)23(22-14)10-6-9-20-18(19-3)21-13-16-7-5-8-17(12-16)24-4/h5,7-8,11-12H,6,9-10,13H2,1-4H3,(H2,19,20,21). The van der Waals surface area contributed by atoms with Crippen molar-refractivity contribution in [1.29, 1.82) is 0 Å². The van der Waals surface area contributed by atoms with Crippen LogP contribution >= 0.6 is 0 Å². The molecule has 130 valence electrons. The molecule has 0 spiro atoms. The first-order valence-corrected chi connectivity index (χ1v) is 8.21. The lowest BCUT2D eigenvalue weighted by atomic mass is 10.2. The lowest BCUT2D eigenvalue weighted by Crippen LogP contribution is -2.37. The molecule has 24 heavy (non-hydrogen) atoms. The van der Waals surface area contributed by atoms with Crippen molar-refractivity contribution < 1.29 is 4.74 Å². The molecule has 0 amide bonds. The van der Waals surface area contributed by atoms with Gasteiger partial charge in [-0.2, -0.15) is 5.10 Å². The molecule has 0 saturated heterocycles. The van der Waals surface area contributed by atoms with Gasteiger partial charge in [-0.1, -0.05) is 12.1 Å². The van der Waals surface area contributed by atoms with Gasteiger partial charge in [0.1, 0.15) is 5.75 Å². The van der Waals surface area contributed by atoms with Crippen molar-refractivity contribution in [3.05, 3.63) is 47.3 Å². The minimum absolute atomic E-state index is 0.703. The number of benzene rings is 1. The summed E-state index contributed by atoms with van der Waals surface area (Å²) in [7, 11) is 3.46. The van der Waals surface area contributed by atoms with Crippen LogP contribution in [0.5, 0.6) is 5.75 Å². The third-order valence-electron chi connectivity index (χ3n) is 3.76. The summed E-state index contributed by atoms with van der Waals surface area (Å²) in [6, 6.07) is 10.1. The van der Waals surface area contributed by atoms with Crippen LogP contribution in [0.4, 0.5) is 0 Å². The molecule has 0 aliphatic heterocycles. The Bertz CT molecular complexity index is 678. The summed E-state index contributed by atoms with van der Waals surface area (Å²) in [6.45, 7) is 6.55. The van der Waals surface area contributed by atoms with Gasteiger partial charge < -0.3 is 15.4 Å². The van der Waals surface area contributed by atoms with Crippen LogP contribution in [-0.4, -0.2) is 36.4 Å². The van der Waals surface area contributed by atoms with Crippen LogP contribution in [0.2, 0.25) is 0 Å². The predicted molar refractivity (Wildman–Crippen MR) is 97.5 cm³/mol. The van der Waals surface area contributed by atoms with E-state index in [1.807, 2.05) is 29.8 Å². The van der Waals surface area contributed by atoms with Gasteiger partial charge in [-0.15, -0.1) is 0 Å². The predicted octanol–water partition coefficient (Wildman–Crippen LogP) is 2.26. The van der Waals surface area contributed by atoms with E-state index >= 15 is 0 Å². The molecular formula is C18H27N5O. The average Bonchev–Trinajstić information content (AvgIpc) is 2.92. The number of hydrogen-bond acceptors (Lipinski definition) is 3. The Kier molecular flexibility index (Phi) is 6.66. The molecular weight excluding hydrogens is 302 g/mol. The number of aryl methyl sites for hydroxylation is 3. The van der Waals surface area contributed by atoms with E-state index in [0.717, 1.165) is 42.5 Å². The Balaban J connectivity index is 1.73. The highest BCUT2D eigenvalue weighted by Gasteiger charge is 2.02. The molecule has 0 saturated carbocycles. The number of methoxy groups -OCH3 is 1. The highest BCUT2D eigenvalue weighted by molar-refractivity contribution is 5.79. The number of rotatable bonds is 7. The van der Waals surface area contributed by atoms with Crippen molar-refractivity contribution in [2.24, 2.45) is 4.99 Å². The highest BCUT2D eigenvalue weighted by Crippen LogP contribution is 2.12. The SMILES string of the molecule is CN=C(NCCCn1nc(C)cc1C)NCc1cccc(OC)c1. The van der Waals surface area contributed by atoms with Gasteiger partial charge in [0.25, 0.3) is 0 Å². The summed E-state index contributed by atoms with van der Waals surface area (Å²) >= 11 is 0. The number of aromatic nitrogens is 2. The second kappa shape index (κ2) is 8.96. The highest BCUT2D eigenvalue weighted by atomic mass is 16.5. The molecule has 1 aromatic heterocycles. The van der Waals surface area contributed by atoms with E-state index in [1.54, 1.807) is 14.2 Å². The number of hydrogen-bond donors (Lipinski definition) is 2. The molecule has 6 nitrogen and oxygen atoms in total. The minimum Gasteiger partial charge on any atom is -0.497 e. The lowest BCUT2D eigenvalue weighted by molar-refractivity contribution is 0.414. The van der Waals surface area contributed by atoms with E-state index in [-0.39, 0.29) is 0 Å². The fraction of sp³-hybridized carbons (Fsp3) is 0.444. The molecule has 6 heteroatoms. The Labute approximate surface area is 143 Å². The third kappa shape index (κ3) is 5.30. The fourth-order valence-corrected chi connectivity index (χ4v) is 2.53. The maximum atomic E-state index is 5.24. The van der Waals surface area contributed by atoms with Gasteiger partial charge in [0.2, 0.25) is 0 Å². The maximum Gasteiger partial charge on any atom is 0.191 e. The van der Waals surface area contributed by atoms with Crippen LogP contribution in [0.3, 0.4) is 0 Å². The molecule has 0 unspecified atom stereocenters. The monoisotopic (exact) mass is 329 g/mol. The zero-order valence-corrected chi connectivity index (χ0v) is 15.0. The largest absolute Gasteiger partial charge is 0.497 e. The normalized spacial score (nSPS) is 11.4. The summed E-state index contributed by atoms with van der Waals surface area (Å²) in [5.74, 6) is 1.66. The van der Waals surface area contributed by atoms with E-state index in [0.29, 0.717) is 6.54 Å². The van der Waals surface area contributed by atoms with Gasteiger partial charge in [0.05, 0.1) is 12.8 Å². The van der Waals surface area contributed by atoms with E-state index in [9.17, 15) is 0 Å². The second-order valence-corrected chi connectivity index (χ2v) is 5.71. The zero-order chi connectivity index (χ0) is 17.4. The lowest BCUT2D eigenvalue weighted by Gasteiger charge is -2.12. The quantitative estimate of drug-likeness (QED) is 0.465. The molecule has 0 atom stereocenters. The summed E-state index contributed by atoms with van der Waals surface area (Å²) < 4.78 is 7.28. The molecule has 0 aliphatic carbocycles. The van der Waals surface area contributed by atoms with Crippen LogP contribution in [-0.2, 0) is 13.1 Å². The van der Waals surface area contributed by atoms with Gasteiger partial charge in [0.15, 0.2) is 5.96 Å². The topological polar surface area (TPSA) is 63.5 Å². The zero-order valence-electron chi connectivity index (χ0n) is 15.0. The Morgan fingerprint density at radius 1 is 1.25 bits per heavy atom. The van der Waals surface area contributed by atoms with Crippen LogP contribution in [0, 0.1) is 13.8 Å². The maximum absolute atomic E-state index is 5.24. The summed E-state index contributed by atoms with van der Waals surface area (Å²) in [4.78, 5) is 4.25. The van der Waals surface area contributed by atoms with Crippen molar-refractivity contribution in [3.63, 3.8) is 0 Å². The second-order valence-electron chi connectivity index (χ2n) is 5.71. The van der Waals surface area contributed by atoms with Gasteiger partial charge >= 0.3 is 0 Å². The number of guanidine groups is 1. The van der Waals surface area contributed by atoms with Crippen LogP contribution in [0.25, 0.3) is 0 Å². The number of aliphatic imine (C=N–C) groups is 1. The molecule has 0 aliphatic rings. The van der Waals surface area contributed by atoms with Gasteiger partial charge in [-0.3, -0.25) is 9.67 Å². The van der Waals surface area contributed by atoms with Gasteiger partial charge in [-0.05, 0) is 44.0 Å². The first-order valence-electron chi connectivity index (χ1n) is 8.21. The number of nitrogens with one attached hydrogen (secondary N) is 2.